The Labute approximate surface area is 99.3 Å². The first-order valence-electron chi connectivity index (χ1n) is 3.90. The second-order valence-corrected chi connectivity index (χ2v) is 5.15. The summed E-state index contributed by atoms with van der Waals surface area (Å²) < 4.78 is 35.4. The van der Waals surface area contributed by atoms with Crippen molar-refractivity contribution in [3.05, 3.63) is 0 Å². The number of alkyl halides is 6. The fourth-order valence-electron chi connectivity index (χ4n) is 1.18. The lowest BCUT2D eigenvalue weighted by atomic mass is 10.4. The molecule has 88 valence electrons. The maximum Gasteiger partial charge on any atom is 0.487 e. The van der Waals surface area contributed by atoms with Gasteiger partial charge in [-0.3, -0.25) is 5.01 Å². The molecular formula is C6H7Cl3F3N3. The summed E-state index contributed by atoms with van der Waals surface area (Å²) in [5.74, 6) is 0. The molecule has 0 saturated heterocycles. The Hall–Kier alpha value is -0.0700. The van der Waals surface area contributed by atoms with Crippen LogP contribution in [0.4, 0.5) is 13.2 Å². The van der Waals surface area contributed by atoms with Crippen molar-refractivity contribution >= 4 is 41.1 Å². The van der Waals surface area contributed by atoms with E-state index in [1.807, 2.05) is 0 Å². The van der Waals surface area contributed by atoms with Gasteiger partial charge in [0.15, 0.2) is 6.17 Å². The zero-order valence-corrected chi connectivity index (χ0v) is 9.74. The number of halogens is 6. The molecule has 0 fully saturated rings. The molecule has 3 nitrogen and oxygen atoms in total. The predicted molar refractivity (Wildman–Crippen MR) is 52.8 cm³/mol. The maximum absolute atomic E-state index is 12.5. The van der Waals surface area contributed by atoms with Gasteiger partial charge in [-0.05, 0) is 6.92 Å². The fourth-order valence-corrected chi connectivity index (χ4v) is 1.83. The Morgan fingerprint density at radius 3 is 2.20 bits per heavy atom. The fraction of sp³-hybridized carbons (Fsp3) is 0.833. The van der Waals surface area contributed by atoms with Gasteiger partial charge < -0.3 is 0 Å². The van der Waals surface area contributed by atoms with E-state index in [1.54, 1.807) is 6.92 Å². The standard InChI is InChI=1S/C6H7Cl3F3N3/c1-2-15-4(5(7,8)9)14(3-13-15)6(10,11)12/h3-4H,2H2,1H3. The summed E-state index contributed by atoms with van der Waals surface area (Å²) in [5, 5.41) is 4.57. The molecule has 1 atom stereocenters. The van der Waals surface area contributed by atoms with Crippen molar-refractivity contribution in [1.82, 2.24) is 9.91 Å². The monoisotopic (exact) mass is 283 g/mol. The predicted octanol–water partition coefficient (Wildman–Crippen LogP) is 2.78. The zero-order valence-electron chi connectivity index (χ0n) is 7.47. The first-order valence-corrected chi connectivity index (χ1v) is 5.04. The van der Waals surface area contributed by atoms with Crippen LogP contribution < -0.4 is 0 Å². The van der Waals surface area contributed by atoms with Gasteiger partial charge in [0, 0.05) is 6.54 Å². The van der Waals surface area contributed by atoms with Gasteiger partial charge >= 0.3 is 6.30 Å². The molecule has 0 saturated carbocycles. The molecule has 0 aliphatic carbocycles. The van der Waals surface area contributed by atoms with Gasteiger partial charge in [-0.15, -0.1) is 13.2 Å². The summed E-state index contributed by atoms with van der Waals surface area (Å²) in [4.78, 5) is -0.0382. The minimum absolute atomic E-state index is 0.0382. The second kappa shape index (κ2) is 4.07. The molecule has 1 rings (SSSR count). The Balaban J connectivity index is 2.96. The van der Waals surface area contributed by atoms with E-state index in [4.69, 9.17) is 34.8 Å². The van der Waals surface area contributed by atoms with E-state index in [2.05, 4.69) is 5.10 Å². The second-order valence-electron chi connectivity index (χ2n) is 2.78. The summed E-state index contributed by atoms with van der Waals surface area (Å²) in [6, 6.07) is 0. The van der Waals surface area contributed by atoms with Crippen molar-refractivity contribution in [2.45, 2.75) is 23.2 Å². The minimum atomic E-state index is -4.62. The number of rotatable bonds is 1. The summed E-state index contributed by atoms with van der Waals surface area (Å²) in [7, 11) is 0. The Morgan fingerprint density at radius 2 is 1.87 bits per heavy atom. The third-order valence-electron chi connectivity index (χ3n) is 1.78. The lowest BCUT2D eigenvalue weighted by Crippen LogP contribution is -2.53. The SMILES string of the molecule is CCN1N=CN(C(F)(F)F)C1C(Cl)(Cl)Cl. The smallest absolute Gasteiger partial charge is 0.269 e. The molecule has 9 heteroatoms. The summed E-state index contributed by atoms with van der Waals surface area (Å²) in [6.07, 6.45) is -5.48. The quantitative estimate of drug-likeness (QED) is 0.545. The highest BCUT2D eigenvalue weighted by Crippen LogP contribution is 2.40. The molecule has 15 heavy (non-hydrogen) atoms. The van der Waals surface area contributed by atoms with Crippen molar-refractivity contribution in [2.24, 2.45) is 5.10 Å². The average molecular weight is 284 g/mol. The van der Waals surface area contributed by atoms with Gasteiger partial charge in [-0.1, -0.05) is 34.8 Å². The highest BCUT2D eigenvalue weighted by molar-refractivity contribution is 6.68. The molecule has 1 aliphatic rings. The van der Waals surface area contributed by atoms with Crippen LogP contribution in [-0.4, -0.2) is 39.1 Å². The van der Waals surface area contributed by atoms with Gasteiger partial charge in [0.1, 0.15) is 6.34 Å². The number of nitrogens with zero attached hydrogens (tertiary/aromatic N) is 3. The number of hydrazone groups is 1. The van der Waals surface area contributed by atoms with E-state index in [1.165, 1.54) is 0 Å². The molecular weight excluding hydrogens is 277 g/mol. The van der Waals surface area contributed by atoms with Crippen molar-refractivity contribution < 1.29 is 13.2 Å². The lowest BCUT2D eigenvalue weighted by molar-refractivity contribution is -0.234. The molecule has 0 aromatic rings. The Morgan fingerprint density at radius 1 is 1.33 bits per heavy atom. The third-order valence-corrected chi connectivity index (χ3v) is 2.37. The van der Waals surface area contributed by atoms with Gasteiger partial charge in [0.25, 0.3) is 0 Å². The van der Waals surface area contributed by atoms with Crippen LogP contribution in [-0.2, 0) is 0 Å². The van der Waals surface area contributed by atoms with E-state index in [0.29, 0.717) is 6.34 Å². The molecule has 0 amide bonds. The highest BCUT2D eigenvalue weighted by atomic mass is 35.6. The number of hydrogen-bond acceptors (Lipinski definition) is 3. The molecule has 1 unspecified atom stereocenters. The maximum atomic E-state index is 12.5. The Kier molecular flexibility index (Phi) is 3.52. The van der Waals surface area contributed by atoms with Crippen molar-refractivity contribution in [3.63, 3.8) is 0 Å². The van der Waals surface area contributed by atoms with Gasteiger partial charge in [-0.25, -0.2) is 4.90 Å². The normalized spacial score (nSPS) is 22.7. The molecule has 0 aromatic carbocycles. The van der Waals surface area contributed by atoms with E-state index < -0.39 is 16.3 Å². The molecule has 0 spiro atoms. The van der Waals surface area contributed by atoms with Gasteiger partial charge in [0.05, 0.1) is 0 Å². The third kappa shape index (κ3) is 2.73. The van der Waals surface area contributed by atoms with E-state index in [0.717, 1.165) is 5.01 Å². The summed E-state index contributed by atoms with van der Waals surface area (Å²) >= 11 is 16.4. The molecule has 0 bridgehead atoms. The van der Waals surface area contributed by atoms with E-state index in [-0.39, 0.29) is 11.4 Å². The van der Waals surface area contributed by atoms with E-state index in [9.17, 15) is 13.2 Å². The van der Waals surface area contributed by atoms with Crippen molar-refractivity contribution in [1.29, 1.82) is 0 Å². The van der Waals surface area contributed by atoms with Crippen LogP contribution in [0.15, 0.2) is 5.10 Å². The zero-order chi connectivity index (χ0) is 11.9. The largest absolute Gasteiger partial charge is 0.487 e. The van der Waals surface area contributed by atoms with Crippen LogP contribution in [0.3, 0.4) is 0 Å². The molecule has 0 radical (unpaired) electrons. The topological polar surface area (TPSA) is 18.8 Å². The molecule has 0 N–H and O–H groups in total. The highest BCUT2D eigenvalue weighted by Gasteiger charge is 2.53. The average Bonchev–Trinajstić information content (AvgIpc) is 2.44. The Bertz CT molecular complexity index is 263. The summed E-state index contributed by atoms with van der Waals surface area (Å²) in [5.41, 5.74) is 0. The van der Waals surface area contributed by atoms with Gasteiger partial charge in [0.2, 0.25) is 3.79 Å². The van der Waals surface area contributed by atoms with Crippen LogP contribution in [0.1, 0.15) is 6.92 Å². The minimum Gasteiger partial charge on any atom is -0.269 e. The van der Waals surface area contributed by atoms with Crippen molar-refractivity contribution in [3.8, 4) is 0 Å². The van der Waals surface area contributed by atoms with Crippen molar-refractivity contribution in [2.75, 3.05) is 6.54 Å². The number of hydrogen-bond donors (Lipinski definition) is 0. The molecule has 1 heterocycles. The summed E-state index contributed by atoms with van der Waals surface area (Å²) in [6.45, 7) is 1.82. The molecule has 1 aliphatic heterocycles. The van der Waals surface area contributed by atoms with Crippen LogP contribution in [0.25, 0.3) is 0 Å². The molecule has 0 aromatic heterocycles. The first kappa shape index (κ1) is 13.0. The van der Waals surface area contributed by atoms with Gasteiger partial charge in [-0.2, -0.15) is 5.10 Å². The lowest BCUT2D eigenvalue weighted by Gasteiger charge is -2.35. The van der Waals surface area contributed by atoms with Crippen LogP contribution in [0, 0.1) is 0 Å². The van der Waals surface area contributed by atoms with Crippen LogP contribution in [0.2, 0.25) is 0 Å². The van der Waals surface area contributed by atoms with Crippen LogP contribution in [0.5, 0.6) is 0 Å². The van der Waals surface area contributed by atoms with E-state index >= 15 is 0 Å². The van der Waals surface area contributed by atoms with Crippen LogP contribution >= 0.6 is 34.8 Å². The first-order chi connectivity index (χ1) is 6.68.